The summed E-state index contributed by atoms with van der Waals surface area (Å²) in [5.74, 6) is 0.117. The van der Waals surface area contributed by atoms with Crippen LogP contribution in [-0.4, -0.2) is 31.4 Å². The lowest BCUT2D eigenvalue weighted by Crippen LogP contribution is -2.35. The van der Waals surface area contributed by atoms with Gasteiger partial charge in [0.05, 0.1) is 23.6 Å². The number of nitrogens with zero attached hydrogens (tertiary/aromatic N) is 1. The van der Waals surface area contributed by atoms with Crippen molar-refractivity contribution >= 4 is 32.5 Å². The number of methoxy groups -OCH3 is 1. The molecular weight excluding hydrogens is 379 g/mol. The molecule has 0 spiro atoms. The van der Waals surface area contributed by atoms with Crippen LogP contribution in [0.4, 0.5) is 4.39 Å². The Bertz CT molecular complexity index is 1110. The highest BCUT2D eigenvalue weighted by Gasteiger charge is 2.30. The maximum atomic E-state index is 13.5. The van der Waals surface area contributed by atoms with E-state index < -0.39 is 10.0 Å². The summed E-state index contributed by atoms with van der Waals surface area (Å²) >= 11 is 6.07. The molecule has 1 aliphatic rings. The molecular formula is C18H16ClFN2O3S. The average Bonchev–Trinajstić information content (AvgIpc) is 2.98. The van der Waals surface area contributed by atoms with Gasteiger partial charge in [-0.2, -0.15) is 4.31 Å². The van der Waals surface area contributed by atoms with Gasteiger partial charge in [-0.1, -0.05) is 11.6 Å². The molecule has 0 amide bonds. The first kappa shape index (κ1) is 17.3. The Kier molecular flexibility index (Phi) is 4.17. The molecule has 3 aromatic rings. The maximum absolute atomic E-state index is 13.5. The number of ether oxygens (including phenoxy) is 1. The van der Waals surface area contributed by atoms with Crippen molar-refractivity contribution in [3.05, 3.63) is 58.5 Å². The van der Waals surface area contributed by atoms with Crippen LogP contribution in [0.25, 0.3) is 10.9 Å². The van der Waals surface area contributed by atoms with Gasteiger partial charge in [0.15, 0.2) is 0 Å². The molecule has 0 unspecified atom stereocenters. The number of halogens is 2. The number of aromatic nitrogens is 1. The van der Waals surface area contributed by atoms with E-state index >= 15 is 0 Å². The fraction of sp³-hybridized carbons (Fsp3) is 0.222. The number of hydrogen-bond donors (Lipinski definition) is 1. The largest absolute Gasteiger partial charge is 0.495 e. The van der Waals surface area contributed by atoms with Crippen molar-refractivity contribution in [1.82, 2.24) is 9.29 Å². The van der Waals surface area contributed by atoms with E-state index in [0.29, 0.717) is 18.7 Å². The molecule has 4 rings (SSSR count). The van der Waals surface area contributed by atoms with Crippen molar-refractivity contribution < 1.29 is 17.5 Å². The van der Waals surface area contributed by atoms with Crippen molar-refractivity contribution in [2.24, 2.45) is 0 Å². The van der Waals surface area contributed by atoms with E-state index in [1.165, 1.54) is 41.7 Å². The van der Waals surface area contributed by atoms with Crippen LogP contribution in [0.2, 0.25) is 5.02 Å². The number of rotatable bonds is 3. The minimum absolute atomic E-state index is 0.119. The van der Waals surface area contributed by atoms with Gasteiger partial charge in [0.25, 0.3) is 0 Å². The molecule has 1 aliphatic heterocycles. The molecule has 8 heteroatoms. The highest BCUT2D eigenvalue weighted by molar-refractivity contribution is 7.89. The number of hydrogen-bond acceptors (Lipinski definition) is 3. The lowest BCUT2D eigenvalue weighted by atomic mass is 10.0. The van der Waals surface area contributed by atoms with E-state index in [1.807, 2.05) is 0 Å². The highest BCUT2D eigenvalue weighted by atomic mass is 35.5. The SMILES string of the molecule is COc1ccc(S(=O)(=O)N2CCc3c([nH]c4ccc(F)cc34)C2)cc1Cl. The van der Waals surface area contributed by atoms with Gasteiger partial charge in [0, 0.05) is 23.1 Å². The smallest absolute Gasteiger partial charge is 0.243 e. The van der Waals surface area contributed by atoms with Crippen molar-refractivity contribution in [1.29, 1.82) is 0 Å². The summed E-state index contributed by atoms with van der Waals surface area (Å²) < 4.78 is 45.9. The molecule has 1 aromatic heterocycles. The summed E-state index contributed by atoms with van der Waals surface area (Å²) in [6, 6.07) is 8.96. The second kappa shape index (κ2) is 6.26. The second-order valence-corrected chi connectivity index (χ2v) is 8.50. The molecule has 2 heterocycles. The Labute approximate surface area is 155 Å². The zero-order valence-corrected chi connectivity index (χ0v) is 15.5. The van der Waals surface area contributed by atoms with Crippen LogP contribution in [0, 0.1) is 5.82 Å². The topological polar surface area (TPSA) is 62.4 Å². The van der Waals surface area contributed by atoms with Gasteiger partial charge >= 0.3 is 0 Å². The van der Waals surface area contributed by atoms with Crippen LogP contribution in [-0.2, 0) is 23.0 Å². The molecule has 0 saturated heterocycles. The number of sulfonamides is 1. The lowest BCUT2D eigenvalue weighted by molar-refractivity contribution is 0.388. The van der Waals surface area contributed by atoms with E-state index in [9.17, 15) is 12.8 Å². The van der Waals surface area contributed by atoms with Gasteiger partial charge in [-0.05, 0) is 48.4 Å². The molecule has 0 atom stereocenters. The molecule has 0 fully saturated rings. The van der Waals surface area contributed by atoms with E-state index in [-0.39, 0.29) is 22.3 Å². The minimum Gasteiger partial charge on any atom is -0.495 e. The van der Waals surface area contributed by atoms with Gasteiger partial charge < -0.3 is 9.72 Å². The van der Waals surface area contributed by atoms with Crippen LogP contribution in [0.15, 0.2) is 41.3 Å². The molecule has 5 nitrogen and oxygen atoms in total. The molecule has 0 radical (unpaired) electrons. The Balaban J connectivity index is 1.69. The zero-order chi connectivity index (χ0) is 18.5. The van der Waals surface area contributed by atoms with Crippen molar-refractivity contribution in [3.63, 3.8) is 0 Å². The van der Waals surface area contributed by atoms with E-state index in [2.05, 4.69) is 4.98 Å². The lowest BCUT2D eigenvalue weighted by Gasteiger charge is -2.26. The summed E-state index contributed by atoms with van der Waals surface area (Å²) in [5.41, 5.74) is 2.57. The Morgan fingerprint density at radius 3 is 2.77 bits per heavy atom. The summed E-state index contributed by atoms with van der Waals surface area (Å²) in [6.07, 6.45) is 0.516. The van der Waals surface area contributed by atoms with E-state index in [4.69, 9.17) is 16.3 Å². The first-order valence-corrected chi connectivity index (χ1v) is 9.84. The predicted molar refractivity (Wildman–Crippen MR) is 97.6 cm³/mol. The molecule has 0 aliphatic carbocycles. The first-order valence-electron chi connectivity index (χ1n) is 8.03. The molecule has 0 saturated carbocycles. The second-order valence-electron chi connectivity index (χ2n) is 6.16. The molecule has 2 aromatic carbocycles. The highest BCUT2D eigenvalue weighted by Crippen LogP contribution is 2.33. The first-order chi connectivity index (χ1) is 12.4. The van der Waals surface area contributed by atoms with Crippen molar-refractivity contribution in [3.8, 4) is 5.75 Å². The summed E-state index contributed by atoms with van der Waals surface area (Å²) in [6.45, 7) is 0.528. The van der Waals surface area contributed by atoms with E-state index in [0.717, 1.165) is 22.2 Å². The minimum atomic E-state index is -3.70. The average molecular weight is 395 g/mol. The van der Waals surface area contributed by atoms with Gasteiger partial charge in [0.1, 0.15) is 11.6 Å². The third kappa shape index (κ3) is 2.76. The Morgan fingerprint density at radius 2 is 2.04 bits per heavy atom. The van der Waals surface area contributed by atoms with Gasteiger partial charge in [-0.3, -0.25) is 0 Å². The predicted octanol–water partition coefficient (Wildman–Crippen LogP) is 3.72. The Hall–Kier alpha value is -2.09. The molecule has 0 bridgehead atoms. The van der Waals surface area contributed by atoms with Crippen LogP contribution < -0.4 is 4.74 Å². The normalized spacial score (nSPS) is 15.2. The molecule has 136 valence electrons. The number of benzene rings is 2. The van der Waals surface area contributed by atoms with Crippen molar-refractivity contribution in [2.75, 3.05) is 13.7 Å². The standard InChI is InChI=1S/C18H16ClFN2O3S/c1-25-18-5-3-12(9-15(18)19)26(23,24)22-7-6-13-14-8-11(20)2-4-16(14)21-17(13)10-22/h2-5,8-9,21H,6-7,10H2,1H3. The third-order valence-electron chi connectivity index (χ3n) is 4.66. The third-order valence-corrected chi connectivity index (χ3v) is 6.80. The van der Waals surface area contributed by atoms with Gasteiger partial charge in [-0.15, -0.1) is 0 Å². The number of nitrogens with one attached hydrogen (secondary N) is 1. The fourth-order valence-corrected chi connectivity index (χ4v) is 5.11. The van der Waals surface area contributed by atoms with Crippen molar-refractivity contribution in [2.45, 2.75) is 17.9 Å². The summed E-state index contributed by atoms with van der Waals surface area (Å²) in [4.78, 5) is 3.33. The van der Waals surface area contributed by atoms with Gasteiger partial charge in [-0.25, -0.2) is 12.8 Å². The van der Waals surface area contributed by atoms with Crippen LogP contribution in [0.1, 0.15) is 11.3 Å². The Morgan fingerprint density at radius 1 is 1.23 bits per heavy atom. The van der Waals surface area contributed by atoms with Crippen LogP contribution in [0.3, 0.4) is 0 Å². The molecule has 1 N–H and O–H groups in total. The fourth-order valence-electron chi connectivity index (χ4n) is 3.35. The summed E-state index contributed by atoms with van der Waals surface area (Å²) in [7, 11) is -2.23. The van der Waals surface area contributed by atoms with Gasteiger partial charge in [0.2, 0.25) is 10.0 Å². The van der Waals surface area contributed by atoms with Crippen LogP contribution >= 0.6 is 11.6 Å². The molecule has 26 heavy (non-hydrogen) atoms. The maximum Gasteiger partial charge on any atom is 0.243 e. The summed E-state index contributed by atoms with van der Waals surface area (Å²) in [5, 5.41) is 1.05. The van der Waals surface area contributed by atoms with Crippen LogP contribution in [0.5, 0.6) is 5.75 Å². The number of aromatic amines is 1. The number of H-pyrrole nitrogens is 1. The zero-order valence-electron chi connectivity index (χ0n) is 13.9. The van der Waals surface area contributed by atoms with E-state index in [1.54, 1.807) is 6.07 Å². The monoisotopic (exact) mass is 394 g/mol. The quantitative estimate of drug-likeness (QED) is 0.736. The number of fused-ring (bicyclic) bond motifs is 3.